The molecule has 0 bridgehead atoms. The largest absolute Gasteiger partial charge is 0.322 e. The molecule has 1 saturated heterocycles. The fraction of sp³-hybridized carbons (Fsp3) is 0.933. The summed E-state index contributed by atoms with van der Waals surface area (Å²) in [4.78, 5) is 14.9. The molecule has 102 valence electrons. The summed E-state index contributed by atoms with van der Waals surface area (Å²) in [5, 5.41) is 3.60. The molecule has 0 aromatic rings. The van der Waals surface area contributed by atoms with E-state index in [0.29, 0.717) is 24.0 Å². The zero-order valence-corrected chi connectivity index (χ0v) is 11.9. The van der Waals surface area contributed by atoms with E-state index in [2.05, 4.69) is 31.0 Å². The molecule has 3 aliphatic rings. The van der Waals surface area contributed by atoms with E-state index in [-0.39, 0.29) is 5.54 Å². The van der Waals surface area contributed by atoms with Crippen LogP contribution >= 0.6 is 0 Å². The SMILES string of the molecule is CCC1NC2(CC2)C(=O)N1C1CCC(C)CC1C. The van der Waals surface area contributed by atoms with E-state index >= 15 is 0 Å². The van der Waals surface area contributed by atoms with E-state index in [0.717, 1.165) is 25.2 Å². The smallest absolute Gasteiger partial charge is 0.244 e. The molecule has 0 radical (unpaired) electrons. The van der Waals surface area contributed by atoms with Crippen molar-refractivity contribution in [3.63, 3.8) is 0 Å². The highest BCUT2D eigenvalue weighted by atomic mass is 16.2. The topological polar surface area (TPSA) is 32.3 Å². The Balaban J connectivity index is 1.79. The summed E-state index contributed by atoms with van der Waals surface area (Å²) in [6, 6.07) is 0.478. The maximum absolute atomic E-state index is 12.6. The molecule has 0 aromatic carbocycles. The third-order valence-corrected chi connectivity index (χ3v) is 5.30. The van der Waals surface area contributed by atoms with Crippen LogP contribution in [0.4, 0.5) is 0 Å². The van der Waals surface area contributed by atoms with Gasteiger partial charge in [0.1, 0.15) is 0 Å². The Morgan fingerprint density at radius 2 is 2.06 bits per heavy atom. The maximum Gasteiger partial charge on any atom is 0.244 e. The van der Waals surface area contributed by atoms with Gasteiger partial charge in [-0.3, -0.25) is 10.1 Å². The van der Waals surface area contributed by atoms with Crippen LogP contribution in [0.25, 0.3) is 0 Å². The molecule has 1 aliphatic heterocycles. The second kappa shape index (κ2) is 4.22. The summed E-state index contributed by atoms with van der Waals surface area (Å²) in [6.07, 6.45) is 7.18. The van der Waals surface area contributed by atoms with Gasteiger partial charge in [-0.05, 0) is 50.4 Å². The summed E-state index contributed by atoms with van der Waals surface area (Å²) < 4.78 is 0. The van der Waals surface area contributed by atoms with Crippen molar-refractivity contribution in [2.45, 2.75) is 77.0 Å². The first-order chi connectivity index (χ1) is 8.57. The van der Waals surface area contributed by atoms with Crippen molar-refractivity contribution in [3.8, 4) is 0 Å². The Kier molecular flexibility index (Phi) is 2.92. The van der Waals surface area contributed by atoms with Crippen LogP contribution in [0.3, 0.4) is 0 Å². The lowest BCUT2D eigenvalue weighted by Crippen LogP contribution is -2.49. The summed E-state index contributed by atoms with van der Waals surface area (Å²) in [7, 11) is 0. The van der Waals surface area contributed by atoms with Crippen molar-refractivity contribution < 1.29 is 4.79 Å². The Morgan fingerprint density at radius 1 is 1.33 bits per heavy atom. The summed E-state index contributed by atoms with van der Waals surface area (Å²) in [5.41, 5.74) is -0.135. The van der Waals surface area contributed by atoms with E-state index < -0.39 is 0 Å². The Bertz CT molecular complexity index is 350. The van der Waals surface area contributed by atoms with Crippen LogP contribution in [0, 0.1) is 11.8 Å². The fourth-order valence-electron chi connectivity index (χ4n) is 4.07. The van der Waals surface area contributed by atoms with Gasteiger partial charge in [-0.1, -0.05) is 20.8 Å². The molecule has 3 fully saturated rings. The molecule has 3 rings (SSSR count). The minimum atomic E-state index is -0.135. The highest BCUT2D eigenvalue weighted by molar-refractivity contribution is 5.92. The third-order valence-electron chi connectivity index (χ3n) is 5.30. The number of carbonyl (C=O) groups is 1. The number of hydrogen-bond acceptors (Lipinski definition) is 2. The van der Waals surface area contributed by atoms with Crippen molar-refractivity contribution in [1.82, 2.24) is 10.2 Å². The van der Waals surface area contributed by atoms with Crippen LogP contribution in [0.15, 0.2) is 0 Å². The van der Waals surface area contributed by atoms with Gasteiger partial charge in [-0.25, -0.2) is 0 Å². The van der Waals surface area contributed by atoms with Crippen molar-refractivity contribution >= 4 is 5.91 Å². The van der Waals surface area contributed by atoms with Gasteiger partial charge in [0, 0.05) is 6.04 Å². The van der Waals surface area contributed by atoms with Crippen LogP contribution < -0.4 is 5.32 Å². The average molecular weight is 250 g/mol. The van der Waals surface area contributed by atoms with Crippen LogP contribution in [0.1, 0.15) is 59.3 Å². The number of amides is 1. The van der Waals surface area contributed by atoms with Gasteiger partial charge in [0.15, 0.2) is 0 Å². The second-order valence-electron chi connectivity index (χ2n) is 6.83. The highest BCUT2D eigenvalue weighted by Gasteiger charge is 2.60. The zero-order chi connectivity index (χ0) is 12.9. The number of nitrogens with one attached hydrogen (secondary N) is 1. The second-order valence-corrected chi connectivity index (χ2v) is 6.83. The number of hydrogen-bond donors (Lipinski definition) is 1. The minimum Gasteiger partial charge on any atom is -0.322 e. The molecule has 1 spiro atoms. The zero-order valence-electron chi connectivity index (χ0n) is 11.9. The molecule has 4 unspecified atom stereocenters. The molecule has 0 aromatic heterocycles. The highest BCUT2D eigenvalue weighted by Crippen LogP contribution is 2.45. The van der Waals surface area contributed by atoms with Gasteiger partial charge in [0.2, 0.25) is 5.91 Å². The lowest BCUT2D eigenvalue weighted by atomic mass is 9.79. The quantitative estimate of drug-likeness (QED) is 0.816. The molecule has 2 aliphatic carbocycles. The van der Waals surface area contributed by atoms with E-state index in [1.807, 2.05) is 0 Å². The predicted octanol–water partition coefficient (Wildman–Crippen LogP) is 2.51. The molecule has 1 heterocycles. The Hall–Kier alpha value is -0.570. The van der Waals surface area contributed by atoms with Gasteiger partial charge >= 0.3 is 0 Å². The van der Waals surface area contributed by atoms with Crippen LogP contribution in [-0.4, -0.2) is 28.6 Å². The van der Waals surface area contributed by atoms with Crippen molar-refractivity contribution in [3.05, 3.63) is 0 Å². The summed E-state index contributed by atoms with van der Waals surface area (Å²) >= 11 is 0. The van der Waals surface area contributed by atoms with Crippen LogP contribution in [0.5, 0.6) is 0 Å². The number of nitrogens with zero attached hydrogens (tertiary/aromatic N) is 1. The monoisotopic (exact) mass is 250 g/mol. The first-order valence-corrected chi connectivity index (χ1v) is 7.68. The molecular formula is C15H26N2O. The summed E-state index contributed by atoms with van der Waals surface area (Å²) in [5.74, 6) is 1.89. The molecule has 18 heavy (non-hydrogen) atoms. The molecule has 2 saturated carbocycles. The molecule has 1 amide bonds. The lowest BCUT2D eigenvalue weighted by molar-refractivity contribution is -0.135. The maximum atomic E-state index is 12.6. The van der Waals surface area contributed by atoms with Crippen molar-refractivity contribution in [2.75, 3.05) is 0 Å². The van der Waals surface area contributed by atoms with E-state index in [1.165, 1.54) is 19.3 Å². The fourth-order valence-corrected chi connectivity index (χ4v) is 4.07. The minimum absolute atomic E-state index is 0.135. The molecule has 1 N–H and O–H groups in total. The first kappa shape index (κ1) is 12.5. The first-order valence-electron chi connectivity index (χ1n) is 7.68. The predicted molar refractivity (Wildman–Crippen MR) is 72.0 cm³/mol. The van der Waals surface area contributed by atoms with Crippen LogP contribution in [-0.2, 0) is 4.79 Å². The standard InChI is InChI=1S/C15H26N2O/c1-4-13-16-15(7-8-15)14(18)17(13)12-6-5-10(2)9-11(12)3/h10-13,16H,4-9H2,1-3H3. The van der Waals surface area contributed by atoms with Crippen LogP contribution in [0.2, 0.25) is 0 Å². The number of carbonyl (C=O) groups excluding carboxylic acids is 1. The Morgan fingerprint density at radius 3 is 2.61 bits per heavy atom. The van der Waals surface area contributed by atoms with Gasteiger partial charge in [0.25, 0.3) is 0 Å². The molecule has 4 atom stereocenters. The molecule has 3 nitrogen and oxygen atoms in total. The van der Waals surface area contributed by atoms with Gasteiger partial charge in [0.05, 0.1) is 11.7 Å². The lowest BCUT2D eigenvalue weighted by Gasteiger charge is -2.41. The number of rotatable bonds is 2. The average Bonchev–Trinajstić information content (AvgIpc) is 3.05. The van der Waals surface area contributed by atoms with E-state index in [1.54, 1.807) is 0 Å². The molecular weight excluding hydrogens is 224 g/mol. The van der Waals surface area contributed by atoms with E-state index in [9.17, 15) is 4.79 Å². The van der Waals surface area contributed by atoms with Gasteiger partial charge in [-0.15, -0.1) is 0 Å². The summed E-state index contributed by atoms with van der Waals surface area (Å²) in [6.45, 7) is 6.87. The third kappa shape index (κ3) is 1.78. The Labute approximate surface area is 110 Å². The van der Waals surface area contributed by atoms with Crippen molar-refractivity contribution in [1.29, 1.82) is 0 Å². The van der Waals surface area contributed by atoms with Crippen molar-refractivity contribution in [2.24, 2.45) is 11.8 Å². The van der Waals surface area contributed by atoms with E-state index in [4.69, 9.17) is 0 Å². The van der Waals surface area contributed by atoms with Gasteiger partial charge < -0.3 is 4.90 Å². The molecule has 3 heteroatoms. The van der Waals surface area contributed by atoms with Gasteiger partial charge in [-0.2, -0.15) is 0 Å². The normalized spacial score (nSPS) is 42.6.